The van der Waals surface area contributed by atoms with Crippen molar-refractivity contribution in [2.45, 2.75) is 12.2 Å². The summed E-state index contributed by atoms with van der Waals surface area (Å²) in [5.41, 5.74) is 5.29. The summed E-state index contributed by atoms with van der Waals surface area (Å²) in [6.45, 7) is 3.00. The largest absolute Gasteiger partial charge is 0.497 e. The average molecular weight is 401 g/mol. The number of halogens is 1. The van der Waals surface area contributed by atoms with Gasteiger partial charge in [0.05, 0.1) is 18.1 Å². The number of fused-ring (bicyclic) bond motifs is 1. The molecule has 0 aliphatic carbocycles. The Morgan fingerprint density at radius 3 is 2.93 bits per heavy atom. The molecule has 3 heterocycles. The van der Waals surface area contributed by atoms with Crippen molar-refractivity contribution in [1.82, 2.24) is 14.8 Å². The van der Waals surface area contributed by atoms with Crippen molar-refractivity contribution in [3.8, 4) is 17.1 Å². The maximum absolute atomic E-state index is 6.19. The minimum absolute atomic E-state index is 0.156. The van der Waals surface area contributed by atoms with E-state index >= 15 is 0 Å². The van der Waals surface area contributed by atoms with E-state index in [4.69, 9.17) is 21.4 Å². The van der Waals surface area contributed by atoms with E-state index in [-0.39, 0.29) is 5.25 Å². The molecule has 1 aliphatic rings. The highest BCUT2D eigenvalue weighted by molar-refractivity contribution is 7.99. The molecule has 5 nitrogen and oxygen atoms in total. The standard InChI is InChI=1S/C20H21ClN4OS/c1-12-10-13(21)4-5-15(12)19-17-18(16-11-14(26-3)6-7-22-16)24-25(2)20(17)23-8-9-27-19/h4-7,10-11,19,23H,8-9H2,1-3H3. The molecule has 7 heteroatoms. The fourth-order valence-corrected chi connectivity index (χ4v) is 4.98. The van der Waals surface area contributed by atoms with Gasteiger partial charge in [-0.3, -0.25) is 9.67 Å². The summed E-state index contributed by atoms with van der Waals surface area (Å²) >= 11 is 8.11. The number of benzene rings is 1. The number of rotatable bonds is 3. The lowest BCUT2D eigenvalue weighted by Crippen LogP contribution is -2.06. The Hall–Kier alpha value is -2.18. The monoisotopic (exact) mass is 400 g/mol. The molecule has 4 rings (SSSR count). The van der Waals surface area contributed by atoms with E-state index in [1.165, 1.54) is 11.1 Å². The molecule has 2 aromatic heterocycles. The molecule has 1 aromatic carbocycles. The van der Waals surface area contributed by atoms with Crippen LogP contribution in [0.2, 0.25) is 5.02 Å². The molecular formula is C20H21ClN4OS. The van der Waals surface area contributed by atoms with Gasteiger partial charge in [0.25, 0.3) is 0 Å². The predicted molar refractivity (Wildman–Crippen MR) is 112 cm³/mol. The van der Waals surface area contributed by atoms with Gasteiger partial charge in [0, 0.05) is 42.2 Å². The van der Waals surface area contributed by atoms with E-state index in [1.807, 2.05) is 47.8 Å². The van der Waals surface area contributed by atoms with Crippen LogP contribution in [0.1, 0.15) is 21.9 Å². The van der Waals surface area contributed by atoms with Gasteiger partial charge in [-0.05, 0) is 36.2 Å². The molecule has 0 radical (unpaired) electrons. The second-order valence-electron chi connectivity index (χ2n) is 6.49. The third-order valence-electron chi connectivity index (χ3n) is 4.75. The van der Waals surface area contributed by atoms with Gasteiger partial charge in [0.15, 0.2) is 0 Å². The van der Waals surface area contributed by atoms with Gasteiger partial charge in [-0.1, -0.05) is 17.7 Å². The first-order chi connectivity index (χ1) is 13.1. The molecule has 0 bridgehead atoms. The highest BCUT2D eigenvalue weighted by Gasteiger charge is 2.30. The maximum Gasteiger partial charge on any atom is 0.129 e. The van der Waals surface area contributed by atoms with Crippen LogP contribution in [0.4, 0.5) is 5.82 Å². The molecule has 140 valence electrons. The third-order valence-corrected chi connectivity index (χ3v) is 6.25. The molecule has 1 unspecified atom stereocenters. The summed E-state index contributed by atoms with van der Waals surface area (Å²) in [6, 6.07) is 9.89. The molecule has 1 atom stereocenters. The van der Waals surface area contributed by atoms with Gasteiger partial charge in [-0.2, -0.15) is 5.10 Å². The van der Waals surface area contributed by atoms with Crippen LogP contribution in [0.25, 0.3) is 11.4 Å². The summed E-state index contributed by atoms with van der Waals surface area (Å²) in [6.07, 6.45) is 1.76. The van der Waals surface area contributed by atoms with Crippen molar-refractivity contribution in [3.63, 3.8) is 0 Å². The van der Waals surface area contributed by atoms with Crippen LogP contribution < -0.4 is 10.1 Å². The summed E-state index contributed by atoms with van der Waals surface area (Å²) < 4.78 is 7.30. The Bertz CT molecular complexity index is 988. The first-order valence-corrected chi connectivity index (χ1v) is 10.2. The second-order valence-corrected chi connectivity index (χ2v) is 8.14. The number of methoxy groups -OCH3 is 1. The molecule has 27 heavy (non-hydrogen) atoms. The topological polar surface area (TPSA) is 52.0 Å². The molecule has 0 saturated heterocycles. The van der Waals surface area contributed by atoms with Crippen LogP contribution in [0.15, 0.2) is 36.5 Å². The van der Waals surface area contributed by atoms with Gasteiger partial charge >= 0.3 is 0 Å². The quantitative estimate of drug-likeness (QED) is 0.690. The van der Waals surface area contributed by atoms with Crippen molar-refractivity contribution < 1.29 is 4.74 Å². The molecule has 1 N–H and O–H groups in total. The minimum atomic E-state index is 0.156. The molecule has 0 fully saturated rings. The molecule has 3 aromatic rings. The number of aryl methyl sites for hydroxylation is 2. The average Bonchev–Trinajstić information content (AvgIpc) is 2.85. The summed E-state index contributed by atoms with van der Waals surface area (Å²) in [5, 5.41) is 9.25. The predicted octanol–water partition coefficient (Wildman–Crippen LogP) is 4.70. The molecule has 0 amide bonds. The van der Waals surface area contributed by atoms with Crippen molar-refractivity contribution in [3.05, 3.63) is 58.2 Å². The summed E-state index contributed by atoms with van der Waals surface area (Å²) in [5.74, 6) is 2.82. The van der Waals surface area contributed by atoms with E-state index in [9.17, 15) is 0 Å². The highest BCUT2D eigenvalue weighted by Crippen LogP contribution is 2.46. The zero-order valence-electron chi connectivity index (χ0n) is 15.5. The molecule has 1 aliphatic heterocycles. The Morgan fingerprint density at radius 2 is 2.15 bits per heavy atom. The Morgan fingerprint density at radius 1 is 1.30 bits per heavy atom. The number of nitrogens with one attached hydrogen (secondary N) is 1. The van der Waals surface area contributed by atoms with Crippen LogP contribution >= 0.6 is 23.4 Å². The van der Waals surface area contributed by atoms with E-state index in [2.05, 4.69) is 23.3 Å². The van der Waals surface area contributed by atoms with Gasteiger partial charge in [-0.15, -0.1) is 11.8 Å². The zero-order valence-corrected chi connectivity index (χ0v) is 17.1. The fraction of sp³-hybridized carbons (Fsp3) is 0.300. The number of nitrogens with zero attached hydrogens (tertiary/aromatic N) is 3. The maximum atomic E-state index is 6.19. The van der Waals surface area contributed by atoms with Crippen LogP contribution in [0.5, 0.6) is 5.75 Å². The van der Waals surface area contributed by atoms with Gasteiger partial charge in [0.1, 0.15) is 17.3 Å². The Balaban J connectivity index is 1.91. The fourth-order valence-electron chi connectivity index (χ4n) is 3.46. The third kappa shape index (κ3) is 3.39. The number of hydrogen-bond donors (Lipinski definition) is 1. The number of thioether (sulfide) groups is 1. The van der Waals surface area contributed by atoms with E-state index < -0.39 is 0 Å². The Kier molecular flexibility index (Phi) is 5.02. The second kappa shape index (κ2) is 7.44. The zero-order chi connectivity index (χ0) is 19.0. The van der Waals surface area contributed by atoms with E-state index in [0.717, 1.165) is 45.8 Å². The summed E-state index contributed by atoms with van der Waals surface area (Å²) in [4.78, 5) is 4.56. The van der Waals surface area contributed by atoms with Crippen LogP contribution in [0, 0.1) is 6.92 Å². The SMILES string of the molecule is COc1ccnc(-c2nn(C)c3c2C(c2ccc(Cl)cc2C)SCCN3)c1. The first-order valence-electron chi connectivity index (χ1n) is 8.77. The summed E-state index contributed by atoms with van der Waals surface area (Å²) in [7, 11) is 3.63. The smallest absolute Gasteiger partial charge is 0.129 e. The van der Waals surface area contributed by atoms with Crippen molar-refractivity contribution in [2.24, 2.45) is 7.05 Å². The number of anilines is 1. The Labute approximate surface area is 168 Å². The van der Waals surface area contributed by atoms with Crippen molar-refractivity contribution in [2.75, 3.05) is 24.7 Å². The van der Waals surface area contributed by atoms with Crippen LogP contribution in [-0.4, -0.2) is 34.2 Å². The number of pyridine rings is 1. The highest BCUT2D eigenvalue weighted by atomic mass is 35.5. The van der Waals surface area contributed by atoms with E-state index in [0.29, 0.717) is 0 Å². The lowest BCUT2D eigenvalue weighted by molar-refractivity contribution is 0.414. The van der Waals surface area contributed by atoms with Gasteiger partial charge < -0.3 is 10.1 Å². The van der Waals surface area contributed by atoms with Crippen LogP contribution in [-0.2, 0) is 7.05 Å². The van der Waals surface area contributed by atoms with Gasteiger partial charge in [0.2, 0.25) is 0 Å². The van der Waals surface area contributed by atoms with Crippen molar-refractivity contribution >= 4 is 29.2 Å². The van der Waals surface area contributed by atoms with E-state index in [1.54, 1.807) is 13.3 Å². The number of ether oxygens (including phenoxy) is 1. The lowest BCUT2D eigenvalue weighted by atomic mass is 9.98. The first kappa shape index (κ1) is 18.2. The van der Waals surface area contributed by atoms with Crippen molar-refractivity contribution in [1.29, 1.82) is 0 Å². The lowest BCUT2D eigenvalue weighted by Gasteiger charge is -2.19. The molecule has 0 spiro atoms. The number of hydrogen-bond acceptors (Lipinski definition) is 5. The minimum Gasteiger partial charge on any atom is -0.497 e. The van der Waals surface area contributed by atoms with Crippen LogP contribution in [0.3, 0.4) is 0 Å². The van der Waals surface area contributed by atoms with Gasteiger partial charge in [-0.25, -0.2) is 0 Å². The normalized spacial score (nSPS) is 16.4. The molecule has 0 saturated carbocycles. The molecular weight excluding hydrogens is 380 g/mol. The number of aromatic nitrogens is 3.